The molecule has 1 aromatic heterocycles. The average Bonchev–Trinajstić information content (AvgIpc) is 3.54. The Morgan fingerprint density at radius 1 is 1.05 bits per heavy atom. The summed E-state index contributed by atoms with van der Waals surface area (Å²) in [7, 11) is 1.35. The van der Waals surface area contributed by atoms with Gasteiger partial charge in [0.15, 0.2) is 0 Å². The highest BCUT2D eigenvalue weighted by Crippen LogP contribution is 2.35. The van der Waals surface area contributed by atoms with Gasteiger partial charge in [-0.2, -0.15) is 13.2 Å². The molecule has 3 fully saturated rings. The molecule has 3 amide bonds. The number of amides is 3. The molecule has 13 heteroatoms. The van der Waals surface area contributed by atoms with Crippen LogP contribution in [0.25, 0.3) is 0 Å². The molecule has 0 saturated carbocycles. The third-order valence-corrected chi connectivity index (χ3v) is 9.06. The first kappa shape index (κ1) is 29.2. The minimum atomic E-state index is -4.35. The van der Waals surface area contributed by atoms with Crippen molar-refractivity contribution in [1.29, 1.82) is 0 Å². The first-order chi connectivity index (χ1) is 19.5. The number of piperidine rings is 2. The van der Waals surface area contributed by atoms with Crippen LogP contribution in [0, 0.1) is 0 Å². The van der Waals surface area contributed by atoms with E-state index in [2.05, 4.69) is 10.2 Å². The fourth-order valence-electron chi connectivity index (χ4n) is 5.62. The summed E-state index contributed by atoms with van der Waals surface area (Å²) >= 11 is 1.34. The molecule has 222 valence electrons. The number of alkyl halides is 3. The number of carbonyl (C=O) groups excluding carboxylic acids is 3. The summed E-state index contributed by atoms with van der Waals surface area (Å²) in [5.41, 5.74) is -0.430. The van der Waals surface area contributed by atoms with Gasteiger partial charge < -0.3 is 19.7 Å². The molecule has 41 heavy (non-hydrogen) atoms. The van der Waals surface area contributed by atoms with Crippen molar-refractivity contribution < 1.29 is 37.0 Å². The Labute approximate surface area is 240 Å². The maximum Gasteiger partial charge on any atom is 0.416 e. The second kappa shape index (κ2) is 11.9. The van der Waals surface area contributed by atoms with Gasteiger partial charge in [0.1, 0.15) is 5.60 Å². The van der Waals surface area contributed by atoms with Crippen LogP contribution in [-0.2, 0) is 28.7 Å². The molecule has 1 aromatic carbocycles. The summed E-state index contributed by atoms with van der Waals surface area (Å²) < 4.78 is 49.1. The van der Waals surface area contributed by atoms with Crippen LogP contribution in [0.1, 0.15) is 51.4 Å². The maximum absolute atomic E-state index is 12.8. The van der Waals surface area contributed by atoms with E-state index in [0.717, 1.165) is 22.6 Å². The number of hydrogen-bond donors (Lipinski definition) is 1. The zero-order valence-electron chi connectivity index (χ0n) is 22.7. The minimum absolute atomic E-state index is 0.0208. The van der Waals surface area contributed by atoms with E-state index in [0.29, 0.717) is 76.4 Å². The van der Waals surface area contributed by atoms with E-state index < -0.39 is 17.3 Å². The number of hydrogen-bond acceptors (Lipinski definition) is 7. The Morgan fingerprint density at radius 3 is 2.37 bits per heavy atom. The number of rotatable bonds is 6. The monoisotopic (exact) mass is 594 g/mol. The number of likely N-dealkylation sites (tertiary alicyclic amines) is 2. The quantitative estimate of drug-likeness (QED) is 0.521. The Hall–Kier alpha value is -3.32. The first-order valence-corrected chi connectivity index (χ1v) is 14.4. The lowest BCUT2D eigenvalue weighted by atomic mass is 9.91. The number of nitrogens with one attached hydrogen (secondary N) is 1. The van der Waals surface area contributed by atoms with E-state index in [4.69, 9.17) is 9.47 Å². The molecule has 0 unspecified atom stereocenters. The number of halogens is 3. The molecule has 4 heterocycles. The normalized spacial score (nSPS) is 19.9. The van der Waals surface area contributed by atoms with Crippen LogP contribution in [0.3, 0.4) is 0 Å². The molecule has 2 aromatic rings. The van der Waals surface area contributed by atoms with E-state index in [1.807, 2.05) is 6.07 Å². The number of ether oxygens (including phenoxy) is 2. The molecule has 1 N–H and O–H groups in total. The van der Waals surface area contributed by atoms with Crippen molar-refractivity contribution in [2.45, 2.75) is 56.6 Å². The molecule has 0 bridgehead atoms. The van der Waals surface area contributed by atoms with Gasteiger partial charge in [0, 0.05) is 56.5 Å². The van der Waals surface area contributed by atoms with Crippen LogP contribution < -0.4 is 5.32 Å². The van der Waals surface area contributed by atoms with E-state index in [9.17, 15) is 27.6 Å². The van der Waals surface area contributed by atoms with Crippen molar-refractivity contribution in [2.75, 3.05) is 39.8 Å². The van der Waals surface area contributed by atoms with Gasteiger partial charge in [-0.05, 0) is 42.7 Å². The van der Waals surface area contributed by atoms with E-state index in [1.165, 1.54) is 30.6 Å². The average molecular weight is 595 g/mol. The molecular weight excluding hydrogens is 561 g/mol. The summed E-state index contributed by atoms with van der Waals surface area (Å²) in [6, 6.07) is 8.81. The molecule has 3 aliphatic heterocycles. The third kappa shape index (κ3) is 6.95. The standard InChI is InChI=1S/C28H33F3N4O5S/c1-39-25(37)34-12-8-21(9-13-34)32-24(36)23-7-6-22(41-23)17-35-18-27(40-26(35)38)10-14-33(15-11-27)16-19-2-4-20(5-3-19)28(29,30)31/h2-7,21H,8-18H2,1H3,(H,32,36). The summed E-state index contributed by atoms with van der Waals surface area (Å²) in [4.78, 5) is 44.1. The van der Waals surface area contributed by atoms with Crippen molar-refractivity contribution in [2.24, 2.45) is 0 Å². The van der Waals surface area contributed by atoms with Crippen LogP contribution in [0.4, 0.5) is 22.8 Å². The smallest absolute Gasteiger partial charge is 0.416 e. The predicted octanol–water partition coefficient (Wildman–Crippen LogP) is 4.71. The van der Waals surface area contributed by atoms with Crippen LogP contribution in [-0.4, -0.2) is 84.3 Å². The van der Waals surface area contributed by atoms with Gasteiger partial charge >= 0.3 is 18.4 Å². The number of methoxy groups -OCH3 is 1. The Morgan fingerprint density at radius 2 is 1.73 bits per heavy atom. The molecule has 9 nitrogen and oxygen atoms in total. The van der Waals surface area contributed by atoms with Crippen molar-refractivity contribution >= 4 is 29.4 Å². The van der Waals surface area contributed by atoms with Gasteiger partial charge in [0.2, 0.25) is 0 Å². The van der Waals surface area contributed by atoms with Gasteiger partial charge in [0.05, 0.1) is 30.6 Å². The summed E-state index contributed by atoms with van der Waals surface area (Å²) in [6.45, 7) is 3.74. The molecule has 5 rings (SSSR count). The molecular formula is C28H33F3N4O5S. The lowest BCUT2D eigenvalue weighted by molar-refractivity contribution is -0.137. The highest BCUT2D eigenvalue weighted by Gasteiger charge is 2.47. The Balaban J connectivity index is 1.08. The second-order valence-electron chi connectivity index (χ2n) is 10.8. The van der Waals surface area contributed by atoms with Gasteiger partial charge in [0.25, 0.3) is 5.91 Å². The first-order valence-electron chi connectivity index (χ1n) is 13.6. The van der Waals surface area contributed by atoms with E-state index >= 15 is 0 Å². The van der Waals surface area contributed by atoms with E-state index in [1.54, 1.807) is 15.9 Å². The maximum atomic E-state index is 12.8. The number of benzene rings is 1. The number of thiophene rings is 1. The summed E-state index contributed by atoms with van der Waals surface area (Å²) in [5, 5.41) is 3.04. The van der Waals surface area contributed by atoms with Gasteiger partial charge in [-0.3, -0.25) is 14.6 Å². The summed E-state index contributed by atoms with van der Waals surface area (Å²) in [6.07, 6.45) is -2.49. The molecule has 0 radical (unpaired) electrons. The molecule has 3 aliphatic rings. The fraction of sp³-hybridized carbons (Fsp3) is 0.536. The van der Waals surface area contributed by atoms with Crippen LogP contribution in [0.15, 0.2) is 36.4 Å². The van der Waals surface area contributed by atoms with Crippen LogP contribution >= 0.6 is 11.3 Å². The van der Waals surface area contributed by atoms with Crippen molar-refractivity contribution in [3.05, 3.63) is 57.3 Å². The predicted molar refractivity (Wildman–Crippen MR) is 144 cm³/mol. The SMILES string of the molecule is COC(=O)N1CCC(NC(=O)c2ccc(CN3CC4(CCN(Cc5ccc(C(F)(F)F)cc5)CC4)OC3=O)s2)CC1. The number of carbonyl (C=O) groups is 3. The topological polar surface area (TPSA) is 91.4 Å². The Kier molecular flexibility index (Phi) is 8.46. The minimum Gasteiger partial charge on any atom is -0.453 e. The molecule has 0 atom stereocenters. The van der Waals surface area contributed by atoms with Gasteiger partial charge in [-0.1, -0.05) is 12.1 Å². The van der Waals surface area contributed by atoms with Gasteiger partial charge in [-0.25, -0.2) is 9.59 Å². The van der Waals surface area contributed by atoms with Crippen LogP contribution in [0.5, 0.6) is 0 Å². The lowest BCUT2D eigenvalue weighted by Gasteiger charge is -2.37. The van der Waals surface area contributed by atoms with E-state index in [-0.39, 0.29) is 24.1 Å². The summed E-state index contributed by atoms with van der Waals surface area (Å²) in [5.74, 6) is -0.168. The highest BCUT2D eigenvalue weighted by atomic mass is 32.1. The highest BCUT2D eigenvalue weighted by molar-refractivity contribution is 7.14. The van der Waals surface area contributed by atoms with Crippen LogP contribution in [0.2, 0.25) is 0 Å². The molecule has 0 aliphatic carbocycles. The largest absolute Gasteiger partial charge is 0.453 e. The number of nitrogens with zero attached hydrogens (tertiary/aromatic N) is 3. The van der Waals surface area contributed by atoms with Crippen molar-refractivity contribution in [3.63, 3.8) is 0 Å². The zero-order chi connectivity index (χ0) is 29.2. The second-order valence-corrected chi connectivity index (χ2v) is 12.0. The fourth-order valence-corrected chi connectivity index (χ4v) is 6.54. The Bertz CT molecular complexity index is 1250. The molecule has 1 spiro atoms. The molecule has 3 saturated heterocycles. The third-order valence-electron chi connectivity index (χ3n) is 7.99. The van der Waals surface area contributed by atoms with Crippen molar-refractivity contribution in [3.8, 4) is 0 Å². The lowest BCUT2D eigenvalue weighted by Crippen LogP contribution is -2.46. The van der Waals surface area contributed by atoms with Gasteiger partial charge in [-0.15, -0.1) is 11.3 Å². The van der Waals surface area contributed by atoms with Crippen molar-refractivity contribution in [1.82, 2.24) is 20.0 Å². The zero-order valence-corrected chi connectivity index (χ0v) is 23.6.